The summed E-state index contributed by atoms with van der Waals surface area (Å²) in [6.45, 7) is 10.1. The quantitative estimate of drug-likeness (QED) is 0.790. The molecule has 98 valence electrons. The first-order valence-electron chi connectivity index (χ1n) is 6.73. The normalized spacial score (nSPS) is 12.4. The molecule has 0 amide bonds. The highest BCUT2D eigenvalue weighted by Crippen LogP contribution is 2.29. The molecule has 0 atom stereocenters. The van der Waals surface area contributed by atoms with Crippen LogP contribution in [0.3, 0.4) is 0 Å². The Morgan fingerprint density at radius 3 is 2.41 bits per heavy atom. The summed E-state index contributed by atoms with van der Waals surface area (Å²) in [6.07, 6.45) is 5.49. The Morgan fingerprint density at radius 2 is 2.00 bits per heavy atom. The van der Waals surface area contributed by atoms with Crippen LogP contribution in [0.1, 0.15) is 46.2 Å². The highest BCUT2D eigenvalue weighted by Gasteiger charge is 2.27. The van der Waals surface area contributed by atoms with Gasteiger partial charge in [0.15, 0.2) is 0 Å². The first-order valence-corrected chi connectivity index (χ1v) is 6.73. The maximum absolute atomic E-state index is 4.51. The second-order valence-electron chi connectivity index (χ2n) is 5.40. The number of nitrogens with one attached hydrogen (secondary N) is 1. The molecule has 0 saturated heterocycles. The van der Waals surface area contributed by atoms with Gasteiger partial charge in [-0.25, -0.2) is 0 Å². The molecule has 0 bridgehead atoms. The van der Waals surface area contributed by atoms with E-state index in [1.165, 1.54) is 18.5 Å². The van der Waals surface area contributed by atoms with Crippen LogP contribution in [0, 0.1) is 5.41 Å². The number of hydrogen-bond donors (Lipinski definition) is 1. The van der Waals surface area contributed by atoms with Gasteiger partial charge in [0, 0.05) is 25.8 Å². The molecule has 0 unspecified atom stereocenters. The average Bonchev–Trinajstić information content (AvgIpc) is 2.70. The molecule has 3 heteroatoms. The lowest BCUT2D eigenvalue weighted by molar-refractivity contribution is 0.237. The highest BCUT2D eigenvalue weighted by molar-refractivity contribution is 5.03. The van der Waals surface area contributed by atoms with Crippen molar-refractivity contribution in [3.05, 3.63) is 18.0 Å². The van der Waals surface area contributed by atoms with Crippen molar-refractivity contribution in [1.29, 1.82) is 0 Å². The summed E-state index contributed by atoms with van der Waals surface area (Å²) < 4.78 is 1.89. The summed E-state index contributed by atoms with van der Waals surface area (Å²) in [5.41, 5.74) is 1.56. The fourth-order valence-corrected chi connectivity index (χ4v) is 2.17. The lowest BCUT2D eigenvalue weighted by Gasteiger charge is -2.32. The van der Waals surface area contributed by atoms with Gasteiger partial charge in [0.1, 0.15) is 0 Å². The van der Waals surface area contributed by atoms with Crippen molar-refractivity contribution in [2.45, 2.75) is 53.0 Å². The minimum Gasteiger partial charge on any atom is -0.314 e. The van der Waals surface area contributed by atoms with E-state index in [1.807, 2.05) is 17.9 Å². The third-order valence-corrected chi connectivity index (χ3v) is 3.71. The van der Waals surface area contributed by atoms with Crippen LogP contribution in [0.25, 0.3) is 0 Å². The number of aromatic nitrogens is 2. The van der Waals surface area contributed by atoms with Gasteiger partial charge in [0.2, 0.25) is 0 Å². The van der Waals surface area contributed by atoms with E-state index in [2.05, 4.69) is 44.2 Å². The van der Waals surface area contributed by atoms with Crippen LogP contribution in [0.2, 0.25) is 0 Å². The van der Waals surface area contributed by atoms with Crippen molar-refractivity contribution in [2.75, 3.05) is 6.54 Å². The van der Waals surface area contributed by atoms with Crippen molar-refractivity contribution in [3.63, 3.8) is 0 Å². The maximum Gasteiger partial charge on any atom is 0.0630 e. The number of aryl methyl sites for hydroxylation is 1. The average molecular weight is 237 g/mol. The van der Waals surface area contributed by atoms with Gasteiger partial charge in [-0.2, -0.15) is 5.10 Å². The smallest absolute Gasteiger partial charge is 0.0630 e. The van der Waals surface area contributed by atoms with E-state index in [9.17, 15) is 0 Å². The summed E-state index contributed by atoms with van der Waals surface area (Å²) in [6, 6.07) is 2.69. The largest absolute Gasteiger partial charge is 0.314 e. The van der Waals surface area contributed by atoms with Gasteiger partial charge in [-0.3, -0.25) is 4.68 Å². The summed E-state index contributed by atoms with van der Waals surface area (Å²) in [4.78, 5) is 0. The van der Waals surface area contributed by atoms with Crippen LogP contribution in [-0.2, 0) is 13.5 Å². The summed E-state index contributed by atoms with van der Waals surface area (Å²) in [7, 11) is 1.98. The zero-order chi connectivity index (χ0) is 12.9. The number of hydrogen-bond acceptors (Lipinski definition) is 2. The van der Waals surface area contributed by atoms with Crippen molar-refractivity contribution in [3.8, 4) is 0 Å². The van der Waals surface area contributed by atoms with E-state index >= 15 is 0 Å². The Labute approximate surface area is 106 Å². The molecule has 0 saturated carbocycles. The van der Waals surface area contributed by atoms with E-state index in [-0.39, 0.29) is 0 Å². The molecule has 0 spiro atoms. The molecular weight excluding hydrogens is 210 g/mol. The Morgan fingerprint density at radius 1 is 1.35 bits per heavy atom. The standard InChI is InChI=1S/C14H27N3/c1-6-14(7-2,11-15-12(3)4)10-13-8-9-17(5)16-13/h8-9,12,15H,6-7,10-11H2,1-5H3. The van der Waals surface area contributed by atoms with Crippen molar-refractivity contribution < 1.29 is 0 Å². The second-order valence-corrected chi connectivity index (χ2v) is 5.40. The summed E-state index contributed by atoms with van der Waals surface area (Å²) in [5, 5.41) is 8.09. The molecule has 1 rings (SSSR count). The van der Waals surface area contributed by atoms with Crippen molar-refractivity contribution >= 4 is 0 Å². The van der Waals surface area contributed by atoms with Crippen LogP contribution >= 0.6 is 0 Å². The predicted molar refractivity (Wildman–Crippen MR) is 73.1 cm³/mol. The predicted octanol–water partition coefficient (Wildman–Crippen LogP) is 2.77. The Balaban J connectivity index is 2.69. The third-order valence-electron chi connectivity index (χ3n) is 3.71. The fourth-order valence-electron chi connectivity index (χ4n) is 2.17. The van der Waals surface area contributed by atoms with Crippen LogP contribution in [-0.4, -0.2) is 22.4 Å². The molecular formula is C14H27N3. The van der Waals surface area contributed by atoms with Gasteiger partial charge in [-0.1, -0.05) is 27.7 Å². The minimum atomic E-state index is 0.346. The zero-order valence-corrected chi connectivity index (χ0v) is 12.0. The molecule has 0 aromatic carbocycles. The minimum absolute atomic E-state index is 0.346. The molecule has 1 aromatic rings. The number of nitrogens with zero attached hydrogens (tertiary/aromatic N) is 2. The van der Waals surface area contributed by atoms with E-state index in [4.69, 9.17) is 0 Å². The maximum atomic E-state index is 4.51. The topological polar surface area (TPSA) is 29.9 Å². The monoisotopic (exact) mass is 237 g/mol. The summed E-state index contributed by atoms with van der Waals surface area (Å²) in [5.74, 6) is 0. The van der Waals surface area contributed by atoms with E-state index < -0.39 is 0 Å². The van der Waals surface area contributed by atoms with Gasteiger partial charge >= 0.3 is 0 Å². The Hall–Kier alpha value is -0.830. The van der Waals surface area contributed by atoms with Crippen LogP contribution in [0.4, 0.5) is 0 Å². The van der Waals surface area contributed by atoms with E-state index in [0.29, 0.717) is 11.5 Å². The van der Waals surface area contributed by atoms with E-state index in [0.717, 1.165) is 13.0 Å². The lowest BCUT2D eigenvalue weighted by atomic mass is 9.78. The van der Waals surface area contributed by atoms with Crippen LogP contribution < -0.4 is 5.32 Å². The molecule has 1 aromatic heterocycles. The van der Waals surface area contributed by atoms with Crippen molar-refractivity contribution in [1.82, 2.24) is 15.1 Å². The molecule has 0 radical (unpaired) electrons. The first kappa shape index (κ1) is 14.2. The second kappa shape index (κ2) is 6.20. The van der Waals surface area contributed by atoms with Gasteiger partial charge in [0.25, 0.3) is 0 Å². The molecule has 1 heterocycles. The first-order chi connectivity index (χ1) is 8.01. The molecule has 1 N–H and O–H groups in total. The lowest BCUT2D eigenvalue weighted by Crippen LogP contribution is -2.38. The number of rotatable bonds is 7. The third kappa shape index (κ3) is 4.15. The fraction of sp³-hybridized carbons (Fsp3) is 0.786. The van der Waals surface area contributed by atoms with Gasteiger partial charge < -0.3 is 5.32 Å². The molecule has 17 heavy (non-hydrogen) atoms. The Kier molecular flexibility index (Phi) is 5.19. The summed E-state index contributed by atoms with van der Waals surface area (Å²) >= 11 is 0. The molecule has 3 nitrogen and oxygen atoms in total. The van der Waals surface area contributed by atoms with Crippen LogP contribution in [0.15, 0.2) is 12.3 Å². The highest BCUT2D eigenvalue weighted by atomic mass is 15.2. The van der Waals surface area contributed by atoms with Gasteiger partial charge in [0.05, 0.1) is 5.69 Å². The van der Waals surface area contributed by atoms with Crippen LogP contribution in [0.5, 0.6) is 0 Å². The van der Waals surface area contributed by atoms with Crippen molar-refractivity contribution in [2.24, 2.45) is 12.5 Å². The molecule has 0 aliphatic rings. The van der Waals surface area contributed by atoms with E-state index in [1.54, 1.807) is 0 Å². The Bertz CT molecular complexity index is 324. The van der Waals surface area contributed by atoms with Gasteiger partial charge in [-0.05, 0) is 30.7 Å². The molecule has 0 aliphatic heterocycles. The molecule has 0 fully saturated rings. The SMILES string of the molecule is CCC(CC)(CNC(C)C)Cc1ccn(C)n1. The van der Waals surface area contributed by atoms with Gasteiger partial charge in [-0.15, -0.1) is 0 Å². The molecule has 0 aliphatic carbocycles. The zero-order valence-electron chi connectivity index (χ0n) is 12.0.